The van der Waals surface area contributed by atoms with E-state index in [0.717, 1.165) is 0 Å². The Hall–Kier alpha value is -1.65. The van der Waals surface area contributed by atoms with Crippen LogP contribution in [0.15, 0.2) is 12.4 Å². The van der Waals surface area contributed by atoms with E-state index in [4.69, 9.17) is 4.74 Å². The fourth-order valence-corrected chi connectivity index (χ4v) is 1.09. The van der Waals surface area contributed by atoms with Crippen molar-refractivity contribution in [3.63, 3.8) is 0 Å². The molecule has 0 radical (unpaired) electrons. The molecule has 0 aliphatic heterocycles. The zero-order valence-corrected chi connectivity index (χ0v) is 10.0. The largest absolute Gasteiger partial charge is 0.474 e. The number of carbonyl (C=O) groups excluding carboxylic acids is 1. The first-order chi connectivity index (χ1) is 7.49. The molecular formula is C11H19N3O2. The number of nitrogens with one attached hydrogen (secondary N) is 1. The van der Waals surface area contributed by atoms with E-state index < -0.39 is 0 Å². The van der Waals surface area contributed by atoms with Crippen molar-refractivity contribution < 1.29 is 11.0 Å². The Kier molecular flexibility index (Phi) is 4.22. The molecule has 0 aromatic carbocycles. The summed E-state index contributed by atoms with van der Waals surface area (Å²) in [6.45, 7) is 7.56. The van der Waals surface area contributed by atoms with E-state index >= 15 is 0 Å². The van der Waals surface area contributed by atoms with Gasteiger partial charge < -0.3 is 10.1 Å². The first kappa shape index (κ1) is 12.4. The number of amides is 1. The average molecular weight is 225 g/mol. The van der Waals surface area contributed by atoms with E-state index in [1.54, 1.807) is 0 Å². The van der Waals surface area contributed by atoms with Gasteiger partial charge in [-0.1, -0.05) is 0 Å². The zero-order valence-electron chi connectivity index (χ0n) is 10.0. The Balaban J connectivity index is 0.00000256. The highest BCUT2D eigenvalue weighted by Gasteiger charge is 2.10. The maximum Gasteiger partial charge on any atom is 0.271 e. The molecule has 16 heavy (non-hydrogen) atoms. The second-order valence-electron chi connectivity index (χ2n) is 4.04. The second kappa shape index (κ2) is 5.44. The number of nitrogens with zero attached hydrogens (tertiary/aromatic N) is 2. The van der Waals surface area contributed by atoms with Crippen molar-refractivity contribution in [3.05, 3.63) is 18.1 Å². The van der Waals surface area contributed by atoms with Gasteiger partial charge in [-0.2, -0.15) is 0 Å². The summed E-state index contributed by atoms with van der Waals surface area (Å²) in [4.78, 5) is 19.6. The highest BCUT2D eigenvalue weighted by atomic mass is 16.5. The summed E-state index contributed by atoms with van der Waals surface area (Å²) >= 11 is 0. The lowest BCUT2D eigenvalue weighted by atomic mass is 10.3. The molecule has 0 saturated carbocycles. The zero-order chi connectivity index (χ0) is 12.1. The third-order valence-corrected chi connectivity index (χ3v) is 1.62. The molecule has 0 atom stereocenters. The summed E-state index contributed by atoms with van der Waals surface area (Å²) in [5.41, 5.74) is 0.270. The number of ether oxygens (including phenoxy) is 1. The Bertz CT molecular complexity index is 369. The molecule has 0 saturated heterocycles. The van der Waals surface area contributed by atoms with Crippen LogP contribution >= 0.6 is 0 Å². The smallest absolute Gasteiger partial charge is 0.271 e. The maximum atomic E-state index is 11.6. The van der Waals surface area contributed by atoms with Crippen molar-refractivity contribution in [3.8, 4) is 5.88 Å². The quantitative estimate of drug-likeness (QED) is 0.846. The Morgan fingerprint density at radius 2 is 2.06 bits per heavy atom. The van der Waals surface area contributed by atoms with E-state index in [-0.39, 0.29) is 25.2 Å². The minimum Gasteiger partial charge on any atom is -0.474 e. The second-order valence-corrected chi connectivity index (χ2v) is 4.04. The standard InChI is InChI=1S/C11H17N3O2.H2/c1-7(2)13-11(15)9-5-12-6-10(14-9)16-8(3)4;/h5-8H,1-4H3,(H,13,15);1H. The number of hydrogen-bond acceptors (Lipinski definition) is 4. The highest BCUT2D eigenvalue weighted by molar-refractivity contribution is 5.92. The van der Waals surface area contributed by atoms with Crippen molar-refractivity contribution in [2.45, 2.75) is 39.8 Å². The normalized spacial score (nSPS) is 10.6. The van der Waals surface area contributed by atoms with Gasteiger partial charge in [-0.25, -0.2) is 4.98 Å². The van der Waals surface area contributed by atoms with Gasteiger partial charge in [-0.05, 0) is 27.7 Å². The van der Waals surface area contributed by atoms with E-state index in [1.807, 2.05) is 27.7 Å². The van der Waals surface area contributed by atoms with E-state index in [1.165, 1.54) is 12.4 Å². The predicted octanol–water partition coefficient (Wildman–Crippen LogP) is 1.65. The van der Waals surface area contributed by atoms with Gasteiger partial charge in [0, 0.05) is 7.47 Å². The van der Waals surface area contributed by atoms with E-state index in [9.17, 15) is 4.79 Å². The van der Waals surface area contributed by atoms with Crippen LogP contribution in [0.1, 0.15) is 39.6 Å². The number of rotatable bonds is 4. The third kappa shape index (κ3) is 3.84. The monoisotopic (exact) mass is 225 g/mol. The summed E-state index contributed by atoms with van der Waals surface area (Å²) in [6, 6.07) is 0.0731. The first-order valence-electron chi connectivity index (χ1n) is 5.28. The van der Waals surface area contributed by atoms with Gasteiger partial charge in [-0.15, -0.1) is 0 Å². The van der Waals surface area contributed by atoms with Crippen molar-refractivity contribution in [1.29, 1.82) is 0 Å². The number of aromatic nitrogens is 2. The Labute approximate surface area is 96.7 Å². The molecule has 0 fully saturated rings. The lowest BCUT2D eigenvalue weighted by Crippen LogP contribution is -2.31. The molecule has 1 aromatic rings. The van der Waals surface area contributed by atoms with Crippen LogP contribution < -0.4 is 10.1 Å². The van der Waals surface area contributed by atoms with Crippen LogP contribution in [-0.2, 0) is 0 Å². The fourth-order valence-electron chi connectivity index (χ4n) is 1.09. The third-order valence-electron chi connectivity index (χ3n) is 1.62. The van der Waals surface area contributed by atoms with Gasteiger partial charge in [0.05, 0.1) is 18.5 Å². The van der Waals surface area contributed by atoms with E-state index in [0.29, 0.717) is 5.88 Å². The lowest BCUT2D eigenvalue weighted by molar-refractivity contribution is 0.0935. The van der Waals surface area contributed by atoms with Crippen LogP contribution in [0.5, 0.6) is 5.88 Å². The minimum absolute atomic E-state index is 0. The molecule has 1 heterocycles. The summed E-state index contributed by atoms with van der Waals surface area (Å²) in [5, 5.41) is 2.74. The van der Waals surface area contributed by atoms with Gasteiger partial charge in [0.2, 0.25) is 5.88 Å². The van der Waals surface area contributed by atoms with Gasteiger partial charge in [0.15, 0.2) is 0 Å². The predicted molar refractivity (Wildman–Crippen MR) is 62.5 cm³/mol. The molecule has 1 rings (SSSR count). The SMILES string of the molecule is CC(C)NC(=O)c1cncc(OC(C)C)n1.[HH]. The highest BCUT2D eigenvalue weighted by Crippen LogP contribution is 2.07. The molecule has 1 N–H and O–H groups in total. The van der Waals surface area contributed by atoms with Crippen LogP contribution in [-0.4, -0.2) is 28.0 Å². The van der Waals surface area contributed by atoms with Crippen LogP contribution in [0.3, 0.4) is 0 Å². The molecule has 0 spiro atoms. The van der Waals surface area contributed by atoms with Crippen LogP contribution in [0.4, 0.5) is 0 Å². The number of carbonyl (C=O) groups is 1. The molecule has 0 aliphatic carbocycles. The lowest BCUT2D eigenvalue weighted by Gasteiger charge is -2.10. The Morgan fingerprint density at radius 3 is 2.62 bits per heavy atom. The summed E-state index contributed by atoms with van der Waals surface area (Å²) in [6.07, 6.45) is 2.93. The van der Waals surface area contributed by atoms with Crippen molar-refractivity contribution >= 4 is 5.91 Å². The minimum atomic E-state index is -0.239. The fraction of sp³-hybridized carbons (Fsp3) is 0.545. The van der Waals surface area contributed by atoms with Gasteiger partial charge in [0.25, 0.3) is 5.91 Å². The average Bonchev–Trinajstić information content (AvgIpc) is 2.16. The summed E-state index contributed by atoms with van der Waals surface area (Å²) in [5.74, 6) is 0.128. The summed E-state index contributed by atoms with van der Waals surface area (Å²) in [7, 11) is 0. The topological polar surface area (TPSA) is 64.1 Å². The Morgan fingerprint density at radius 1 is 1.38 bits per heavy atom. The summed E-state index contributed by atoms with van der Waals surface area (Å²) < 4.78 is 5.36. The first-order valence-corrected chi connectivity index (χ1v) is 5.28. The van der Waals surface area contributed by atoms with Gasteiger partial charge in [-0.3, -0.25) is 9.78 Å². The molecule has 5 heteroatoms. The van der Waals surface area contributed by atoms with Crippen LogP contribution in [0.25, 0.3) is 0 Å². The molecule has 0 unspecified atom stereocenters. The molecule has 1 aromatic heterocycles. The van der Waals surface area contributed by atoms with Crippen molar-refractivity contribution in [2.75, 3.05) is 0 Å². The van der Waals surface area contributed by atoms with E-state index in [2.05, 4.69) is 15.3 Å². The maximum absolute atomic E-state index is 11.6. The molecular weight excluding hydrogens is 206 g/mol. The van der Waals surface area contributed by atoms with Gasteiger partial charge in [0.1, 0.15) is 5.69 Å². The van der Waals surface area contributed by atoms with Gasteiger partial charge >= 0.3 is 0 Å². The number of hydrogen-bond donors (Lipinski definition) is 1. The molecule has 0 bridgehead atoms. The van der Waals surface area contributed by atoms with Crippen LogP contribution in [0.2, 0.25) is 0 Å². The van der Waals surface area contributed by atoms with Crippen LogP contribution in [0, 0.1) is 0 Å². The molecule has 5 nitrogen and oxygen atoms in total. The molecule has 1 amide bonds. The van der Waals surface area contributed by atoms with Crippen molar-refractivity contribution in [2.24, 2.45) is 0 Å². The molecule has 90 valence electrons. The molecule has 0 aliphatic rings. The van der Waals surface area contributed by atoms with Crippen molar-refractivity contribution in [1.82, 2.24) is 15.3 Å².